The fourth-order valence-corrected chi connectivity index (χ4v) is 0.815. The maximum absolute atomic E-state index is 10.00. The summed E-state index contributed by atoms with van der Waals surface area (Å²) in [6, 6.07) is -0.505. The molecule has 0 saturated carbocycles. The van der Waals surface area contributed by atoms with Crippen LogP contribution in [0.3, 0.4) is 0 Å². The molecular formula is C5H7CaNO2. The van der Waals surface area contributed by atoms with E-state index in [1.807, 2.05) is 0 Å². The quantitative estimate of drug-likeness (QED) is 0.449. The number of aliphatic carboxylic acids is 1. The van der Waals surface area contributed by atoms with Crippen molar-refractivity contribution in [1.82, 2.24) is 0 Å². The van der Waals surface area contributed by atoms with Crippen LogP contribution < -0.4 is 5.11 Å². The molecule has 1 fully saturated rings. The summed E-state index contributed by atoms with van der Waals surface area (Å²) in [5.74, 6) is -1.03. The summed E-state index contributed by atoms with van der Waals surface area (Å²) in [6.07, 6.45) is 1.57. The predicted octanol–water partition coefficient (Wildman–Crippen LogP) is -1.11. The molecule has 46 valence electrons. The van der Waals surface area contributed by atoms with Gasteiger partial charge in [-0.05, 0) is 0 Å². The van der Waals surface area contributed by atoms with E-state index < -0.39 is 12.0 Å². The molecule has 0 aromatic heterocycles. The van der Waals surface area contributed by atoms with E-state index in [1.165, 1.54) is 0 Å². The van der Waals surface area contributed by atoms with Crippen LogP contribution in [0.15, 0.2) is 0 Å². The van der Waals surface area contributed by atoms with Crippen molar-refractivity contribution in [2.24, 2.45) is 0 Å². The van der Waals surface area contributed by atoms with Crippen molar-refractivity contribution in [2.75, 3.05) is 6.54 Å². The average molecular weight is 153 g/mol. The molecule has 1 saturated heterocycles. The molecule has 4 heteroatoms. The molecule has 1 heterocycles. The molecule has 0 aliphatic carbocycles. The van der Waals surface area contributed by atoms with Crippen LogP contribution in [-0.2, 0) is 4.79 Å². The second kappa shape index (κ2) is 4.50. The predicted molar refractivity (Wildman–Crippen MR) is 32.0 cm³/mol. The number of hydrogen-bond acceptors (Lipinski definition) is 2. The molecule has 1 aliphatic rings. The Labute approximate surface area is 83.8 Å². The van der Waals surface area contributed by atoms with E-state index in [2.05, 4.69) is 5.32 Å². The fraction of sp³-hybridized carbons (Fsp3) is 0.800. The molecule has 0 bridgehead atoms. The third-order valence-electron chi connectivity index (χ3n) is 1.26. The maximum Gasteiger partial charge on any atom is 2.00 e. The molecule has 0 radical (unpaired) electrons. The summed E-state index contributed by atoms with van der Waals surface area (Å²) in [5.41, 5.74) is 0. The molecule has 1 unspecified atom stereocenters. The van der Waals surface area contributed by atoms with Gasteiger partial charge in [-0.15, -0.1) is 6.54 Å². The van der Waals surface area contributed by atoms with Crippen LogP contribution in [0.25, 0.3) is 5.32 Å². The summed E-state index contributed by atoms with van der Waals surface area (Å²) in [5, 5.41) is 13.8. The van der Waals surface area contributed by atoms with Crippen LogP contribution in [0, 0.1) is 0 Å². The standard InChI is InChI=1S/C5H8NO2.Ca/c7-5(8)4-2-1-3-6-4;/h4H,1-3H2,(H,7,8);/q-1;+2/p-1. The van der Waals surface area contributed by atoms with Gasteiger partial charge in [0.25, 0.3) is 0 Å². The van der Waals surface area contributed by atoms with Gasteiger partial charge >= 0.3 is 37.7 Å². The first-order chi connectivity index (χ1) is 3.80. The minimum atomic E-state index is -1.03. The minimum absolute atomic E-state index is 0. The first-order valence-electron chi connectivity index (χ1n) is 2.68. The minimum Gasteiger partial charge on any atom is -0.655 e. The summed E-state index contributed by atoms with van der Waals surface area (Å²) < 4.78 is 0. The van der Waals surface area contributed by atoms with E-state index in [4.69, 9.17) is 0 Å². The fourth-order valence-electron chi connectivity index (χ4n) is 0.815. The second-order valence-electron chi connectivity index (χ2n) is 1.88. The zero-order valence-electron chi connectivity index (χ0n) is 5.17. The zero-order valence-corrected chi connectivity index (χ0v) is 7.38. The van der Waals surface area contributed by atoms with Crippen LogP contribution in [0.2, 0.25) is 0 Å². The van der Waals surface area contributed by atoms with Gasteiger partial charge in [-0.3, -0.25) is 0 Å². The molecule has 0 N–H and O–H groups in total. The van der Waals surface area contributed by atoms with Gasteiger partial charge in [-0.2, -0.15) is 0 Å². The molecule has 0 aromatic rings. The summed E-state index contributed by atoms with van der Waals surface area (Å²) >= 11 is 0. The Kier molecular flexibility index (Phi) is 4.84. The Morgan fingerprint density at radius 1 is 1.67 bits per heavy atom. The molecule has 0 spiro atoms. The monoisotopic (exact) mass is 153 g/mol. The molecule has 1 aliphatic heterocycles. The summed E-state index contributed by atoms with van der Waals surface area (Å²) in [7, 11) is 0. The van der Waals surface area contributed by atoms with Gasteiger partial charge in [0.15, 0.2) is 0 Å². The average Bonchev–Trinajstić information content (AvgIpc) is 2.12. The van der Waals surface area contributed by atoms with Crippen molar-refractivity contribution in [3.05, 3.63) is 5.32 Å². The molecular weight excluding hydrogens is 146 g/mol. The Bertz CT molecular complexity index is 101. The number of carboxylic acid groups (broad SMARTS) is 1. The first-order valence-corrected chi connectivity index (χ1v) is 2.68. The SMILES string of the molecule is O=C([O-])C1CCC[N-]1.[Ca+2]. The molecule has 1 rings (SSSR count). The molecule has 3 nitrogen and oxygen atoms in total. The molecule has 1 atom stereocenters. The van der Waals surface area contributed by atoms with Crippen LogP contribution in [0.1, 0.15) is 12.8 Å². The van der Waals surface area contributed by atoms with Crippen molar-refractivity contribution < 1.29 is 9.90 Å². The van der Waals surface area contributed by atoms with E-state index >= 15 is 0 Å². The van der Waals surface area contributed by atoms with Gasteiger partial charge in [-0.1, -0.05) is 18.9 Å². The van der Waals surface area contributed by atoms with E-state index in [1.54, 1.807) is 0 Å². The second-order valence-corrected chi connectivity index (χ2v) is 1.88. The van der Waals surface area contributed by atoms with E-state index in [-0.39, 0.29) is 37.7 Å². The van der Waals surface area contributed by atoms with Crippen LogP contribution >= 0.6 is 0 Å². The largest absolute Gasteiger partial charge is 2.00 e. The van der Waals surface area contributed by atoms with Crippen molar-refractivity contribution in [3.63, 3.8) is 0 Å². The van der Waals surface area contributed by atoms with Gasteiger partial charge in [0.05, 0.1) is 0 Å². The van der Waals surface area contributed by atoms with E-state index in [9.17, 15) is 9.90 Å². The van der Waals surface area contributed by atoms with Crippen LogP contribution in [0.5, 0.6) is 0 Å². The first kappa shape index (κ1) is 9.69. The Hall–Kier alpha value is 0.690. The van der Waals surface area contributed by atoms with Gasteiger partial charge in [0.1, 0.15) is 0 Å². The van der Waals surface area contributed by atoms with Gasteiger partial charge < -0.3 is 15.2 Å². The third kappa shape index (κ3) is 2.85. The maximum atomic E-state index is 10.00. The topological polar surface area (TPSA) is 54.2 Å². The van der Waals surface area contributed by atoms with Gasteiger partial charge in [-0.25, -0.2) is 0 Å². The number of rotatable bonds is 1. The van der Waals surface area contributed by atoms with Gasteiger partial charge in [0, 0.05) is 5.97 Å². The van der Waals surface area contributed by atoms with Crippen LogP contribution in [-0.4, -0.2) is 56.3 Å². The number of nitrogens with zero attached hydrogens (tertiary/aromatic N) is 1. The molecule has 0 aromatic carbocycles. The molecule has 9 heavy (non-hydrogen) atoms. The van der Waals surface area contributed by atoms with Crippen molar-refractivity contribution in [2.45, 2.75) is 18.9 Å². The number of carbonyl (C=O) groups excluding carboxylic acids is 1. The number of hydrogen-bond donors (Lipinski definition) is 0. The number of carbonyl (C=O) groups is 1. The van der Waals surface area contributed by atoms with E-state index in [0.717, 1.165) is 6.42 Å². The van der Waals surface area contributed by atoms with Crippen molar-refractivity contribution in [3.8, 4) is 0 Å². The van der Waals surface area contributed by atoms with Gasteiger partial charge in [0.2, 0.25) is 0 Å². The smallest absolute Gasteiger partial charge is 0.655 e. The Morgan fingerprint density at radius 2 is 2.33 bits per heavy atom. The van der Waals surface area contributed by atoms with Crippen molar-refractivity contribution >= 4 is 43.7 Å². The summed E-state index contributed by atoms with van der Waals surface area (Å²) in [4.78, 5) is 10.00. The van der Waals surface area contributed by atoms with Crippen molar-refractivity contribution in [1.29, 1.82) is 0 Å². The third-order valence-corrected chi connectivity index (χ3v) is 1.26. The van der Waals surface area contributed by atoms with E-state index in [0.29, 0.717) is 13.0 Å². The normalized spacial score (nSPS) is 25.1. The van der Waals surface area contributed by atoms with Crippen LogP contribution in [0.4, 0.5) is 0 Å². The summed E-state index contributed by atoms with van der Waals surface area (Å²) in [6.45, 7) is 0.693. The zero-order chi connectivity index (χ0) is 5.98. The Morgan fingerprint density at radius 3 is 2.56 bits per heavy atom. The molecule has 0 amide bonds. The number of carboxylic acids is 1. The Balaban J connectivity index is 0.000000640.